The Bertz CT molecular complexity index is 782. The Morgan fingerprint density at radius 1 is 1.11 bits per heavy atom. The second kappa shape index (κ2) is 6.94. The van der Waals surface area contributed by atoms with Gasteiger partial charge in [-0.2, -0.15) is 0 Å². The number of ether oxygens (including phenoxy) is 1. The Labute approximate surface area is 166 Å². The number of amides is 2. The van der Waals surface area contributed by atoms with Gasteiger partial charge in [-0.25, -0.2) is 4.79 Å². The lowest BCUT2D eigenvalue weighted by Gasteiger charge is -2.39. The molecule has 5 nitrogen and oxygen atoms in total. The number of likely N-dealkylation sites (tertiary alicyclic amines) is 1. The molecule has 1 aromatic carbocycles. The fourth-order valence-corrected chi connectivity index (χ4v) is 5.47. The van der Waals surface area contributed by atoms with Gasteiger partial charge >= 0.3 is 6.09 Å². The van der Waals surface area contributed by atoms with Crippen molar-refractivity contribution in [3.63, 3.8) is 0 Å². The largest absolute Gasteiger partial charge is 0.441 e. The number of benzene rings is 1. The van der Waals surface area contributed by atoms with Gasteiger partial charge in [-0.05, 0) is 36.7 Å². The van der Waals surface area contributed by atoms with E-state index in [1.165, 1.54) is 5.56 Å². The second-order valence-electron chi connectivity index (χ2n) is 8.92. The van der Waals surface area contributed by atoms with E-state index in [4.69, 9.17) is 4.74 Å². The highest BCUT2D eigenvalue weighted by Crippen LogP contribution is 2.44. The van der Waals surface area contributed by atoms with Crippen LogP contribution in [0.3, 0.4) is 0 Å². The number of rotatable bonds is 4. The molecule has 2 aliphatic heterocycles. The van der Waals surface area contributed by atoms with Gasteiger partial charge in [0.15, 0.2) is 0 Å². The van der Waals surface area contributed by atoms with Crippen molar-refractivity contribution in [3.8, 4) is 0 Å². The smallest absolute Gasteiger partial charge is 0.410 e. The predicted molar refractivity (Wildman–Crippen MR) is 106 cm³/mol. The SMILES string of the molecule is O=C1OC2(CCN(C(=O)[C@@H]3C[C@@H]4C=C[C@H]3C4)CC2)CN1CCc1ccccc1. The third-order valence-corrected chi connectivity index (χ3v) is 7.14. The summed E-state index contributed by atoms with van der Waals surface area (Å²) in [5.41, 5.74) is 0.829. The molecule has 1 aromatic rings. The average Bonchev–Trinajstić information content (AvgIpc) is 3.42. The normalized spacial score (nSPS) is 30.3. The summed E-state index contributed by atoms with van der Waals surface area (Å²) in [6.45, 7) is 2.74. The van der Waals surface area contributed by atoms with Gasteiger partial charge < -0.3 is 14.5 Å². The summed E-state index contributed by atoms with van der Waals surface area (Å²) >= 11 is 0. The van der Waals surface area contributed by atoms with Crippen LogP contribution in [-0.2, 0) is 16.0 Å². The van der Waals surface area contributed by atoms with Gasteiger partial charge in [-0.15, -0.1) is 0 Å². The molecule has 148 valence electrons. The van der Waals surface area contributed by atoms with E-state index in [1.807, 2.05) is 28.0 Å². The van der Waals surface area contributed by atoms with Gasteiger partial charge in [0.05, 0.1) is 6.54 Å². The Morgan fingerprint density at radius 2 is 1.89 bits per heavy atom. The Kier molecular flexibility index (Phi) is 4.41. The summed E-state index contributed by atoms with van der Waals surface area (Å²) in [4.78, 5) is 29.2. The van der Waals surface area contributed by atoms with E-state index >= 15 is 0 Å². The first kappa shape index (κ1) is 17.8. The van der Waals surface area contributed by atoms with Crippen molar-refractivity contribution in [3.05, 3.63) is 48.0 Å². The summed E-state index contributed by atoms with van der Waals surface area (Å²) in [5, 5.41) is 0. The standard InChI is InChI=1S/C23H28N2O3/c26-21(20-15-18-6-7-19(20)14-18)24-12-9-23(10-13-24)16-25(22(27)28-23)11-8-17-4-2-1-3-5-17/h1-7,18-20H,8-16H2/t18-,19+,20-/m1/s1. The first-order valence-electron chi connectivity index (χ1n) is 10.6. The molecule has 0 aromatic heterocycles. The van der Waals surface area contributed by atoms with Gasteiger partial charge in [0.25, 0.3) is 0 Å². The van der Waals surface area contributed by atoms with Crippen molar-refractivity contribution in [2.75, 3.05) is 26.2 Å². The van der Waals surface area contributed by atoms with Crippen LogP contribution in [0, 0.1) is 17.8 Å². The quantitative estimate of drug-likeness (QED) is 0.754. The van der Waals surface area contributed by atoms with E-state index in [0.717, 1.165) is 32.1 Å². The third-order valence-electron chi connectivity index (χ3n) is 7.14. The molecule has 4 aliphatic rings. The molecule has 0 unspecified atom stereocenters. The van der Waals surface area contributed by atoms with Crippen molar-refractivity contribution in [2.24, 2.45) is 17.8 Å². The maximum Gasteiger partial charge on any atom is 0.410 e. The van der Waals surface area contributed by atoms with Gasteiger partial charge in [0.1, 0.15) is 5.60 Å². The zero-order valence-electron chi connectivity index (χ0n) is 16.3. The number of nitrogens with zero attached hydrogens (tertiary/aromatic N) is 2. The zero-order chi connectivity index (χ0) is 19.1. The van der Waals surface area contributed by atoms with E-state index in [1.54, 1.807) is 0 Å². The molecular formula is C23H28N2O3. The molecule has 1 spiro atoms. The molecule has 3 fully saturated rings. The highest BCUT2D eigenvalue weighted by molar-refractivity contribution is 5.80. The number of carbonyl (C=O) groups excluding carboxylic acids is 2. The first-order chi connectivity index (χ1) is 13.6. The fraction of sp³-hybridized carbons (Fsp3) is 0.565. The van der Waals surface area contributed by atoms with Crippen LogP contribution < -0.4 is 0 Å². The van der Waals surface area contributed by atoms with Crippen molar-refractivity contribution in [2.45, 2.75) is 37.7 Å². The summed E-state index contributed by atoms with van der Waals surface area (Å²) in [6, 6.07) is 10.2. The molecule has 28 heavy (non-hydrogen) atoms. The number of allylic oxidation sites excluding steroid dienone is 2. The molecular weight excluding hydrogens is 352 g/mol. The van der Waals surface area contributed by atoms with Crippen molar-refractivity contribution < 1.29 is 14.3 Å². The number of piperidine rings is 1. The molecule has 0 N–H and O–H groups in total. The number of hydrogen-bond donors (Lipinski definition) is 0. The van der Waals surface area contributed by atoms with Gasteiger partial charge in [-0.3, -0.25) is 4.79 Å². The van der Waals surface area contributed by atoms with Crippen LogP contribution in [0.1, 0.15) is 31.2 Å². The van der Waals surface area contributed by atoms with Gasteiger partial charge in [-0.1, -0.05) is 42.5 Å². The summed E-state index contributed by atoms with van der Waals surface area (Å²) in [5.74, 6) is 1.56. The van der Waals surface area contributed by atoms with E-state index in [0.29, 0.717) is 43.9 Å². The molecule has 3 atom stereocenters. The van der Waals surface area contributed by atoms with Crippen LogP contribution in [0.5, 0.6) is 0 Å². The van der Waals surface area contributed by atoms with E-state index in [2.05, 4.69) is 24.3 Å². The summed E-state index contributed by atoms with van der Waals surface area (Å²) < 4.78 is 5.83. The Balaban J connectivity index is 1.15. The van der Waals surface area contributed by atoms with Crippen LogP contribution in [0.2, 0.25) is 0 Å². The van der Waals surface area contributed by atoms with Crippen LogP contribution in [0.4, 0.5) is 4.79 Å². The van der Waals surface area contributed by atoms with Crippen LogP contribution in [-0.4, -0.2) is 53.6 Å². The molecule has 5 heteroatoms. The first-order valence-corrected chi connectivity index (χ1v) is 10.6. The lowest BCUT2D eigenvalue weighted by Crippen LogP contribution is -2.50. The van der Waals surface area contributed by atoms with Crippen molar-refractivity contribution in [1.29, 1.82) is 0 Å². The molecule has 0 radical (unpaired) electrons. The van der Waals surface area contributed by atoms with E-state index < -0.39 is 5.60 Å². The second-order valence-corrected chi connectivity index (χ2v) is 8.92. The molecule has 2 saturated heterocycles. The minimum absolute atomic E-state index is 0.178. The van der Waals surface area contributed by atoms with Crippen LogP contribution in [0.15, 0.2) is 42.5 Å². The minimum Gasteiger partial charge on any atom is -0.441 e. The van der Waals surface area contributed by atoms with Crippen LogP contribution >= 0.6 is 0 Å². The highest BCUT2D eigenvalue weighted by atomic mass is 16.6. The summed E-state index contributed by atoms with van der Waals surface area (Å²) in [7, 11) is 0. The lowest BCUT2D eigenvalue weighted by atomic mass is 9.88. The monoisotopic (exact) mass is 380 g/mol. The molecule has 2 amide bonds. The topological polar surface area (TPSA) is 49.9 Å². The molecule has 2 aliphatic carbocycles. The van der Waals surface area contributed by atoms with Crippen molar-refractivity contribution in [1.82, 2.24) is 9.80 Å². The highest BCUT2D eigenvalue weighted by Gasteiger charge is 2.49. The lowest BCUT2D eigenvalue weighted by molar-refractivity contribution is -0.139. The maximum atomic E-state index is 13.0. The molecule has 2 bridgehead atoms. The van der Waals surface area contributed by atoms with Gasteiger partial charge in [0.2, 0.25) is 5.91 Å². The molecule has 5 rings (SSSR count). The average molecular weight is 380 g/mol. The third kappa shape index (κ3) is 3.21. The summed E-state index contributed by atoms with van der Waals surface area (Å²) in [6.07, 6.45) is 8.84. The molecule has 1 saturated carbocycles. The number of carbonyl (C=O) groups is 2. The molecule has 2 heterocycles. The van der Waals surface area contributed by atoms with Gasteiger partial charge in [0, 0.05) is 38.4 Å². The van der Waals surface area contributed by atoms with Crippen molar-refractivity contribution >= 4 is 12.0 Å². The Hall–Kier alpha value is -2.30. The number of fused-ring (bicyclic) bond motifs is 2. The zero-order valence-corrected chi connectivity index (χ0v) is 16.3. The Morgan fingerprint density at radius 3 is 2.57 bits per heavy atom. The number of hydrogen-bond acceptors (Lipinski definition) is 3. The maximum absolute atomic E-state index is 13.0. The fourth-order valence-electron chi connectivity index (χ4n) is 5.47. The predicted octanol–water partition coefficient (Wildman–Crippen LogP) is 3.25. The van der Waals surface area contributed by atoms with E-state index in [9.17, 15) is 9.59 Å². The van der Waals surface area contributed by atoms with E-state index in [-0.39, 0.29) is 12.0 Å². The van der Waals surface area contributed by atoms with Crippen LogP contribution in [0.25, 0.3) is 0 Å². The minimum atomic E-state index is -0.404.